The molecule has 26 heavy (non-hydrogen) atoms. The van der Waals surface area contributed by atoms with Crippen LogP contribution in [0.3, 0.4) is 0 Å². The Bertz CT molecular complexity index is 663. The van der Waals surface area contributed by atoms with Gasteiger partial charge in [0.15, 0.2) is 0 Å². The highest BCUT2D eigenvalue weighted by Gasteiger charge is 2.43. The van der Waals surface area contributed by atoms with Crippen molar-refractivity contribution in [3.63, 3.8) is 0 Å². The van der Waals surface area contributed by atoms with Gasteiger partial charge in [-0.2, -0.15) is 0 Å². The van der Waals surface area contributed by atoms with Crippen molar-refractivity contribution >= 4 is 5.91 Å². The van der Waals surface area contributed by atoms with Crippen LogP contribution in [0.2, 0.25) is 0 Å². The van der Waals surface area contributed by atoms with Gasteiger partial charge in [0.25, 0.3) is 0 Å². The quantitative estimate of drug-likeness (QED) is 0.721. The average Bonchev–Trinajstić information content (AvgIpc) is 3.14. The summed E-state index contributed by atoms with van der Waals surface area (Å²) in [5.74, 6) is -0.101. The third kappa shape index (κ3) is 3.24. The van der Waals surface area contributed by atoms with E-state index in [1.54, 1.807) is 12.1 Å². The smallest absolute Gasteiger partial charge is 0.241 e. The van der Waals surface area contributed by atoms with Crippen LogP contribution in [0.25, 0.3) is 0 Å². The maximum Gasteiger partial charge on any atom is 0.241 e. The molecule has 1 amide bonds. The van der Waals surface area contributed by atoms with Gasteiger partial charge in [-0.1, -0.05) is 18.2 Å². The average molecular weight is 361 g/mol. The number of hydrazine groups is 1. The van der Waals surface area contributed by atoms with Gasteiger partial charge in [0.1, 0.15) is 11.9 Å². The Hall–Kier alpha value is -1.54. The molecule has 0 aromatic heterocycles. The van der Waals surface area contributed by atoms with E-state index in [9.17, 15) is 9.18 Å². The first kappa shape index (κ1) is 17.9. The minimum Gasteiger partial charge on any atom is -0.338 e. The summed E-state index contributed by atoms with van der Waals surface area (Å²) in [7, 11) is 2.18. The van der Waals surface area contributed by atoms with Crippen LogP contribution in [0.5, 0.6) is 0 Å². The van der Waals surface area contributed by atoms with Crippen molar-refractivity contribution in [3.05, 3.63) is 35.6 Å². The number of piperazine rings is 1. The van der Waals surface area contributed by atoms with Gasteiger partial charge in [0.2, 0.25) is 5.91 Å². The molecule has 0 saturated carbocycles. The Balaban J connectivity index is 1.42. The number of likely N-dealkylation sites (N-methyl/N-ethyl adjacent to an activating group) is 1. The van der Waals surface area contributed by atoms with E-state index in [2.05, 4.69) is 28.1 Å². The maximum atomic E-state index is 14.0. The Kier molecular flexibility index (Phi) is 4.96. The molecule has 3 saturated heterocycles. The molecule has 6 nitrogen and oxygen atoms in total. The molecule has 0 aliphatic carbocycles. The molecule has 4 rings (SSSR count). The van der Waals surface area contributed by atoms with Crippen molar-refractivity contribution in [2.75, 3.05) is 39.8 Å². The van der Waals surface area contributed by atoms with E-state index in [4.69, 9.17) is 0 Å². The highest BCUT2D eigenvalue weighted by molar-refractivity contribution is 5.82. The second kappa shape index (κ2) is 7.23. The van der Waals surface area contributed by atoms with Gasteiger partial charge in [0, 0.05) is 30.7 Å². The summed E-state index contributed by atoms with van der Waals surface area (Å²) in [6.07, 6.45) is 2.71. The zero-order valence-corrected chi connectivity index (χ0v) is 15.3. The first-order chi connectivity index (χ1) is 12.6. The molecule has 7 heteroatoms. The van der Waals surface area contributed by atoms with Gasteiger partial charge >= 0.3 is 0 Å². The van der Waals surface area contributed by atoms with Gasteiger partial charge in [-0.3, -0.25) is 9.69 Å². The van der Waals surface area contributed by atoms with Crippen molar-refractivity contribution < 1.29 is 9.18 Å². The second-order valence-corrected chi connectivity index (χ2v) is 7.81. The zero-order chi connectivity index (χ0) is 18.1. The SMILES string of the molecule is CN1CCN(C(=O)C2CC(c3ccccc3F)NN2)CC12CCNCC2. The number of carbonyl (C=O) groups excluding carboxylic acids is 1. The van der Waals surface area contributed by atoms with Crippen molar-refractivity contribution in [3.8, 4) is 0 Å². The van der Waals surface area contributed by atoms with E-state index >= 15 is 0 Å². The second-order valence-electron chi connectivity index (χ2n) is 7.81. The molecule has 3 fully saturated rings. The highest BCUT2D eigenvalue weighted by atomic mass is 19.1. The van der Waals surface area contributed by atoms with Crippen LogP contribution < -0.4 is 16.2 Å². The number of carbonyl (C=O) groups is 1. The van der Waals surface area contributed by atoms with Gasteiger partial charge < -0.3 is 10.2 Å². The molecule has 2 unspecified atom stereocenters. The summed E-state index contributed by atoms with van der Waals surface area (Å²) in [6.45, 7) is 4.46. The highest BCUT2D eigenvalue weighted by Crippen LogP contribution is 2.31. The topological polar surface area (TPSA) is 59.6 Å². The van der Waals surface area contributed by atoms with Gasteiger partial charge in [0.05, 0.1) is 6.04 Å². The number of piperidine rings is 1. The number of nitrogens with one attached hydrogen (secondary N) is 3. The number of amides is 1. The third-order valence-corrected chi connectivity index (χ3v) is 6.33. The van der Waals surface area contributed by atoms with Gasteiger partial charge in [-0.05, 0) is 45.5 Å². The molecule has 0 radical (unpaired) electrons. The van der Waals surface area contributed by atoms with E-state index in [-0.39, 0.29) is 29.3 Å². The van der Waals surface area contributed by atoms with Crippen LogP contribution in [0.15, 0.2) is 24.3 Å². The molecule has 3 aliphatic rings. The van der Waals surface area contributed by atoms with E-state index in [0.717, 1.165) is 45.6 Å². The third-order valence-electron chi connectivity index (χ3n) is 6.33. The van der Waals surface area contributed by atoms with Crippen molar-refractivity contribution in [2.45, 2.75) is 36.9 Å². The van der Waals surface area contributed by atoms with E-state index < -0.39 is 0 Å². The largest absolute Gasteiger partial charge is 0.338 e. The minimum atomic E-state index is -0.304. The lowest BCUT2D eigenvalue weighted by Gasteiger charge is -2.51. The number of hydrogen-bond donors (Lipinski definition) is 3. The summed E-state index contributed by atoms with van der Waals surface area (Å²) < 4.78 is 14.0. The molecule has 142 valence electrons. The Morgan fingerprint density at radius 1 is 1.19 bits per heavy atom. The molecule has 3 aliphatic heterocycles. The van der Waals surface area contributed by atoms with E-state index in [0.29, 0.717) is 12.0 Å². The monoisotopic (exact) mass is 361 g/mol. The van der Waals surface area contributed by atoms with Gasteiger partial charge in [-0.15, -0.1) is 0 Å². The van der Waals surface area contributed by atoms with Crippen molar-refractivity contribution in [1.29, 1.82) is 0 Å². The number of hydrogen-bond acceptors (Lipinski definition) is 5. The minimum absolute atomic E-state index is 0.0934. The van der Waals surface area contributed by atoms with Crippen LogP contribution in [0.1, 0.15) is 30.9 Å². The number of nitrogens with zero attached hydrogens (tertiary/aromatic N) is 2. The van der Waals surface area contributed by atoms with Crippen LogP contribution in [-0.4, -0.2) is 67.1 Å². The molecular formula is C19H28FN5O. The standard InChI is InChI=1S/C19H28FN5O/c1-24-10-11-25(13-19(24)6-8-21-9-7-19)18(26)17-12-16(22-23-17)14-4-2-3-5-15(14)20/h2-5,16-17,21-23H,6-13H2,1H3. The number of halogens is 1. The Morgan fingerprint density at radius 3 is 2.73 bits per heavy atom. The zero-order valence-electron chi connectivity index (χ0n) is 15.3. The molecular weight excluding hydrogens is 333 g/mol. The first-order valence-corrected chi connectivity index (χ1v) is 9.55. The Labute approximate surface area is 154 Å². The van der Waals surface area contributed by atoms with Crippen molar-refractivity contribution in [2.24, 2.45) is 0 Å². The summed E-state index contributed by atoms with van der Waals surface area (Å²) in [5, 5.41) is 3.42. The molecule has 1 spiro atoms. The fraction of sp³-hybridized carbons (Fsp3) is 0.632. The van der Waals surface area contributed by atoms with Gasteiger partial charge in [-0.25, -0.2) is 15.2 Å². The predicted octanol–water partition coefficient (Wildman–Crippen LogP) is 0.630. The molecule has 1 aromatic rings. The van der Waals surface area contributed by atoms with Crippen LogP contribution in [-0.2, 0) is 4.79 Å². The normalized spacial score (nSPS) is 29.2. The summed E-state index contributed by atoms with van der Waals surface area (Å²) in [6, 6.07) is 6.28. The maximum absolute atomic E-state index is 14.0. The van der Waals surface area contributed by atoms with Crippen LogP contribution in [0.4, 0.5) is 4.39 Å². The molecule has 2 atom stereocenters. The fourth-order valence-corrected chi connectivity index (χ4v) is 4.58. The Morgan fingerprint density at radius 2 is 1.96 bits per heavy atom. The number of rotatable bonds is 2. The predicted molar refractivity (Wildman–Crippen MR) is 97.9 cm³/mol. The molecule has 3 heterocycles. The summed E-state index contributed by atoms with van der Waals surface area (Å²) in [5.41, 5.74) is 6.91. The summed E-state index contributed by atoms with van der Waals surface area (Å²) in [4.78, 5) is 17.5. The van der Waals surface area contributed by atoms with Crippen LogP contribution >= 0.6 is 0 Å². The van der Waals surface area contributed by atoms with Crippen LogP contribution in [0, 0.1) is 5.82 Å². The summed E-state index contributed by atoms with van der Waals surface area (Å²) >= 11 is 0. The lowest BCUT2D eigenvalue weighted by atomic mass is 9.84. The number of benzene rings is 1. The molecule has 0 bridgehead atoms. The van der Waals surface area contributed by atoms with E-state index in [1.165, 1.54) is 6.07 Å². The molecule has 1 aromatic carbocycles. The molecule has 3 N–H and O–H groups in total. The lowest BCUT2D eigenvalue weighted by molar-refractivity contribution is -0.139. The fourth-order valence-electron chi connectivity index (χ4n) is 4.58. The first-order valence-electron chi connectivity index (χ1n) is 9.55. The van der Waals surface area contributed by atoms with Crippen molar-refractivity contribution in [1.82, 2.24) is 26.0 Å². The lowest BCUT2D eigenvalue weighted by Crippen LogP contribution is -2.66. The van der Waals surface area contributed by atoms with E-state index in [1.807, 2.05) is 11.0 Å².